The first-order valence-corrected chi connectivity index (χ1v) is 9.50. The topological polar surface area (TPSA) is 76.0 Å². The predicted molar refractivity (Wildman–Crippen MR) is 107 cm³/mol. The second kappa shape index (κ2) is 7.53. The summed E-state index contributed by atoms with van der Waals surface area (Å²) in [5.74, 6) is -3.32. The average molecular weight is 431 g/mol. The normalized spacial score (nSPS) is 18.0. The molecule has 0 fully saturated rings. The smallest absolute Gasteiger partial charge is 0.251 e. The van der Waals surface area contributed by atoms with Gasteiger partial charge in [-0.15, -0.1) is 0 Å². The zero-order valence-electron chi connectivity index (χ0n) is 16.0. The van der Waals surface area contributed by atoms with Crippen LogP contribution < -0.4 is 10.6 Å². The van der Waals surface area contributed by atoms with Gasteiger partial charge >= 0.3 is 0 Å². The molecule has 30 heavy (non-hydrogen) atoms. The van der Waals surface area contributed by atoms with Crippen LogP contribution in [0.4, 0.5) is 14.6 Å². The van der Waals surface area contributed by atoms with Gasteiger partial charge in [-0.25, -0.2) is 8.78 Å². The Morgan fingerprint density at radius 3 is 2.53 bits per heavy atom. The molecule has 0 saturated heterocycles. The van der Waals surface area contributed by atoms with Crippen LogP contribution >= 0.6 is 11.6 Å². The van der Waals surface area contributed by atoms with Gasteiger partial charge in [0.1, 0.15) is 11.9 Å². The zero-order chi connectivity index (χ0) is 21.6. The third kappa shape index (κ3) is 3.43. The Bertz CT molecular complexity index is 1160. The lowest BCUT2D eigenvalue weighted by Gasteiger charge is -2.32. The summed E-state index contributed by atoms with van der Waals surface area (Å²) < 4.78 is 29.0. The van der Waals surface area contributed by atoms with Crippen molar-refractivity contribution < 1.29 is 18.4 Å². The third-order valence-corrected chi connectivity index (χ3v) is 5.38. The lowest BCUT2D eigenvalue weighted by Crippen LogP contribution is -2.50. The van der Waals surface area contributed by atoms with Gasteiger partial charge < -0.3 is 10.6 Å². The second-order valence-corrected chi connectivity index (χ2v) is 7.51. The summed E-state index contributed by atoms with van der Waals surface area (Å²) in [4.78, 5) is 25.7. The monoisotopic (exact) mass is 430 g/mol. The van der Waals surface area contributed by atoms with Crippen molar-refractivity contribution in [3.8, 4) is 0 Å². The van der Waals surface area contributed by atoms with E-state index in [1.54, 1.807) is 26.1 Å². The molecule has 3 aromatic rings. The van der Waals surface area contributed by atoms with E-state index in [1.165, 1.54) is 22.9 Å². The molecule has 1 aliphatic heterocycles. The van der Waals surface area contributed by atoms with E-state index in [-0.39, 0.29) is 0 Å². The van der Waals surface area contributed by atoms with Gasteiger partial charge in [0.05, 0.1) is 5.69 Å². The Hall–Kier alpha value is -3.26. The molecule has 0 bridgehead atoms. The highest BCUT2D eigenvalue weighted by atomic mass is 35.5. The molecular formula is C21H17ClF2N4O2. The minimum absolute atomic E-state index is 0.310. The van der Waals surface area contributed by atoms with Crippen LogP contribution in [0.15, 0.2) is 42.5 Å². The lowest BCUT2D eigenvalue weighted by molar-refractivity contribution is -0.118. The standard InChI is InChI=1S/C21H17ClF2N4O2/c1-10-16-17(12-5-8-14(23)15(24)9-12)18(21(30)26-19(16)28(2)27-10)25-20(29)11-3-6-13(22)7-4-11/h3-9,17-18H,1-2H3,(H,25,29)(H,26,30)/t17-,18+/m0/s1. The highest BCUT2D eigenvalue weighted by molar-refractivity contribution is 6.30. The summed E-state index contributed by atoms with van der Waals surface area (Å²) in [6.07, 6.45) is 0. The largest absolute Gasteiger partial charge is 0.339 e. The molecule has 1 aliphatic rings. The van der Waals surface area contributed by atoms with E-state index in [9.17, 15) is 18.4 Å². The molecule has 2 aromatic carbocycles. The molecule has 6 nitrogen and oxygen atoms in total. The third-order valence-electron chi connectivity index (χ3n) is 5.13. The van der Waals surface area contributed by atoms with Crippen LogP contribution in [0.5, 0.6) is 0 Å². The number of nitrogens with one attached hydrogen (secondary N) is 2. The van der Waals surface area contributed by atoms with Crippen molar-refractivity contribution in [2.75, 3.05) is 5.32 Å². The number of carbonyl (C=O) groups excluding carboxylic acids is 2. The van der Waals surface area contributed by atoms with Gasteiger partial charge in [-0.2, -0.15) is 5.10 Å². The fraction of sp³-hybridized carbons (Fsp3) is 0.190. The van der Waals surface area contributed by atoms with Crippen molar-refractivity contribution in [3.63, 3.8) is 0 Å². The summed E-state index contributed by atoms with van der Waals surface area (Å²) in [7, 11) is 1.67. The summed E-state index contributed by atoms with van der Waals surface area (Å²) in [5.41, 5.74) is 1.89. The molecule has 0 aliphatic carbocycles. The number of aryl methyl sites for hydroxylation is 2. The maximum atomic E-state index is 14.0. The van der Waals surface area contributed by atoms with Gasteiger partial charge in [0.25, 0.3) is 5.91 Å². The number of halogens is 3. The number of rotatable bonds is 3. The number of fused-ring (bicyclic) bond motifs is 1. The van der Waals surface area contributed by atoms with Crippen LogP contribution in [0.2, 0.25) is 5.02 Å². The van der Waals surface area contributed by atoms with Crippen LogP contribution in [0.25, 0.3) is 0 Å². The Balaban J connectivity index is 1.79. The van der Waals surface area contributed by atoms with Crippen molar-refractivity contribution in [1.82, 2.24) is 15.1 Å². The molecule has 2 amide bonds. The zero-order valence-corrected chi connectivity index (χ0v) is 16.8. The molecule has 154 valence electrons. The highest BCUT2D eigenvalue weighted by Crippen LogP contribution is 2.39. The van der Waals surface area contributed by atoms with E-state index >= 15 is 0 Å². The highest BCUT2D eigenvalue weighted by Gasteiger charge is 2.41. The van der Waals surface area contributed by atoms with E-state index in [2.05, 4.69) is 15.7 Å². The Morgan fingerprint density at radius 1 is 1.17 bits per heavy atom. The van der Waals surface area contributed by atoms with Crippen molar-refractivity contribution in [1.29, 1.82) is 0 Å². The minimum Gasteiger partial charge on any atom is -0.339 e. The minimum atomic E-state index is -1.06. The van der Waals surface area contributed by atoms with Crippen molar-refractivity contribution in [2.45, 2.75) is 18.9 Å². The predicted octanol–water partition coefficient (Wildman–Crippen LogP) is 3.54. The van der Waals surface area contributed by atoms with E-state index in [1.807, 2.05) is 0 Å². The molecule has 2 atom stereocenters. The fourth-order valence-corrected chi connectivity index (χ4v) is 3.87. The number of amides is 2. The van der Waals surface area contributed by atoms with Crippen LogP contribution in [0.1, 0.15) is 33.1 Å². The van der Waals surface area contributed by atoms with Crippen LogP contribution in [-0.2, 0) is 11.8 Å². The van der Waals surface area contributed by atoms with Crippen LogP contribution in [0, 0.1) is 18.6 Å². The van der Waals surface area contributed by atoms with Gasteiger partial charge in [0.15, 0.2) is 11.6 Å². The Morgan fingerprint density at radius 2 is 1.87 bits per heavy atom. The maximum absolute atomic E-state index is 14.0. The average Bonchev–Trinajstić information content (AvgIpc) is 2.98. The first-order chi connectivity index (χ1) is 14.3. The van der Waals surface area contributed by atoms with Crippen molar-refractivity contribution in [3.05, 3.63) is 81.5 Å². The Kier molecular flexibility index (Phi) is 5.03. The van der Waals surface area contributed by atoms with E-state index in [0.29, 0.717) is 33.2 Å². The maximum Gasteiger partial charge on any atom is 0.251 e. The Labute approximate surface area is 175 Å². The van der Waals surface area contributed by atoms with E-state index in [4.69, 9.17) is 11.6 Å². The summed E-state index contributed by atoms with van der Waals surface area (Å²) in [6, 6.07) is 8.57. The molecule has 0 spiro atoms. The molecule has 4 rings (SSSR count). The molecule has 0 unspecified atom stereocenters. The summed E-state index contributed by atoms with van der Waals surface area (Å²) in [6.45, 7) is 1.75. The molecule has 2 heterocycles. The summed E-state index contributed by atoms with van der Waals surface area (Å²) in [5, 5.41) is 10.3. The first-order valence-electron chi connectivity index (χ1n) is 9.12. The van der Waals surface area contributed by atoms with Crippen molar-refractivity contribution in [2.24, 2.45) is 7.05 Å². The quantitative estimate of drug-likeness (QED) is 0.667. The molecule has 0 saturated carbocycles. The van der Waals surface area contributed by atoms with E-state index < -0.39 is 35.4 Å². The van der Waals surface area contributed by atoms with Crippen molar-refractivity contribution >= 4 is 29.2 Å². The molecule has 2 N–H and O–H groups in total. The van der Waals surface area contributed by atoms with Gasteiger partial charge in [-0.3, -0.25) is 14.3 Å². The van der Waals surface area contributed by atoms with E-state index in [0.717, 1.165) is 12.1 Å². The number of carbonyl (C=O) groups is 2. The molecular weight excluding hydrogens is 414 g/mol. The second-order valence-electron chi connectivity index (χ2n) is 7.07. The summed E-state index contributed by atoms with van der Waals surface area (Å²) >= 11 is 5.87. The van der Waals surface area contributed by atoms with Crippen LogP contribution in [0.3, 0.4) is 0 Å². The molecule has 0 radical (unpaired) electrons. The number of anilines is 1. The van der Waals surface area contributed by atoms with Gasteiger partial charge in [0, 0.05) is 29.1 Å². The molecule has 1 aromatic heterocycles. The van der Waals surface area contributed by atoms with Gasteiger partial charge in [-0.05, 0) is 48.9 Å². The van der Waals surface area contributed by atoms with Gasteiger partial charge in [0.2, 0.25) is 5.91 Å². The first kappa shape index (κ1) is 20.0. The molecule has 9 heteroatoms. The van der Waals surface area contributed by atoms with Crippen LogP contribution in [-0.4, -0.2) is 27.6 Å². The lowest BCUT2D eigenvalue weighted by atomic mass is 9.81. The number of hydrogen-bond acceptors (Lipinski definition) is 3. The van der Waals surface area contributed by atoms with Gasteiger partial charge in [-0.1, -0.05) is 17.7 Å². The number of nitrogens with zero attached hydrogens (tertiary/aromatic N) is 2. The fourth-order valence-electron chi connectivity index (χ4n) is 3.75. The SMILES string of the molecule is Cc1nn(C)c2c1[C@H](c1ccc(F)c(F)c1)[C@@H](NC(=O)c1ccc(Cl)cc1)C(=O)N2. The number of benzene rings is 2. The number of aromatic nitrogens is 2. The number of hydrogen-bond donors (Lipinski definition) is 2.